The molecule has 0 aromatic heterocycles. The molecule has 0 fully saturated rings. The van der Waals surface area contributed by atoms with E-state index in [4.69, 9.17) is 24.4 Å². The Balaban J connectivity index is 2.32. The number of para-hydroxylation sites is 2. The summed E-state index contributed by atoms with van der Waals surface area (Å²) >= 11 is 13.8. The Kier molecular flexibility index (Phi) is 4.07. The van der Waals surface area contributed by atoms with Crippen LogP contribution in [0.2, 0.25) is 0 Å². The highest BCUT2D eigenvalue weighted by atomic mass is 32.2. The van der Waals surface area contributed by atoms with Gasteiger partial charge in [0.2, 0.25) is 0 Å². The molecular formula is C10H10N2S4. The van der Waals surface area contributed by atoms with Crippen molar-refractivity contribution in [2.75, 3.05) is 10.6 Å². The fourth-order valence-electron chi connectivity index (χ4n) is 1.31. The summed E-state index contributed by atoms with van der Waals surface area (Å²) in [5.74, 6) is 0. The number of nitrogens with one attached hydrogen (secondary N) is 2. The van der Waals surface area contributed by atoms with Gasteiger partial charge in [-0.1, -0.05) is 60.1 Å². The molecule has 0 aliphatic carbocycles. The number of hydrogen-bond acceptors (Lipinski definition) is 4. The maximum atomic E-state index is 5.27. The van der Waals surface area contributed by atoms with Crippen LogP contribution in [0.3, 0.4) is 0 Å². The predicted octanol–water partition coefficient (Wildman–Crippen LogP) is 3.91. The quantitative estimate of drug-likeness (QED) is 0.702. The van der Waals surface area contributed by atoms with E-state index in [1.165, 1.54) is 0 Å². The summed E-state index contributed by atoms with van der Waals surface area (Å²) in [7, 11) is 0. The number of thioether (sulfide) groups is 2. The standard InChI is InChI=1S/C10H10N2S4/c1-6-15-9(13)11-7-4-2-3-5-8(7)12-10(14)16-6/h2-6H,1H3,(H,11,13)(H,12,14). The molecule has 2 rings (SSSR count). The van der Waals surface area contributed by atoms with E-state index >= 15 is 0 Å². The summed E-state index contributed by atoms with van der Waals surface area (Å²) in [6.07, 6.45) is 0. The second-order valence-electron chi connectivity index (χ2n) is 3.17. The number of hydrogen-bond donors (Lipinski definition) is 2. The van der Waals surface area contributed by atoms with Crippen molar-refractivity contribution in [3.8, 4) is 0 Å². The minimum Gasteiger partial charge on any atom is -0.339 e. The van der Waals surface area contributed by atoms with Crippen LogP contribution in [0.5, 0.6) is 0 Å². The first-order valence-corrected chi connectivity index (χ1v) is 7.27. The zero-order valence-corrected chi connectivity index (χ0v) is 11.8. The third-order valence-electron chi connectivity index (χ3n) is 1.95. The summed E-state index contributed by atoms with van der Waals surface area (Å²) in [5, 5.41) is 6.42. The van der Waals surface area contributed by atoms with E-state index in [2.05, 4.69) is 17.6 Å². The molecule has 0 radical (unpaired) electrons. The summed E-state index contributed by atoms with van der Waals surface area (Å²) in [6, 6.07) is 7.91. The Morgan fingerprint density at radius 3 is 1.88 bits per heavy atom. The zero-order chi connectivity index (χ0) is 11.5. The second kappa shape index (κ2) is 5.35. The Hall–Kier alpha value is -0.300. The van der Waals surface area contributed by atoms with E-state index in [0.717, 1.165) is 20.0 Å². The number of rotatable bonds is 0. The van der Waals surface area contributed by atoms with Gasteiger partial charge in [-0.3, -0.25) is 0 Å². The van der Waals surface area contributed by atoms with Crippen LogP contribution in [-0.2, 0) is 0 Å². The zero-order valence-electron chi connectivity index (χ0n) is 8.52. The summed E-state index contributed by atoms with van der Waals surface area (Å²) in [4.78, 5) is 0. The minimum atomic E-state index is 0.314. The molecule has 0 spiro atoms. The fourth-order valence-corrected chi connectivity index (χ4v) is 4.47. The van der Waals surface area contributed by atoms with Gasteiger partial charge in [0, 0.05) is 0 Å². The maximum absolute atomic E-state index is 5.27. The summed E-state index contributed by atoms with van der Waals surface area (Å²) < 4.78 is 1.87. The molecular weight excluding hydrogens is 276 g/mol. The molecule has 0 atom stereocenters. The van der Waals surface area contributed by atoms with E-state index in [1.54, 1.807) is 23.5 Å². The van der Waals surface area contributed by atoms with Crippen molar-refractivity contribution in [2.24, 2.45) is 0 Å². The molecule has 0 saturated carbocycles. The van der Waals surface area contributed by atoms with E-state index < -0.39 is 0 Å². The van der Waals surface area contributed by atoms with Crippen LogP contribution in [-0.4, -0.2) is 13.2 Å². The SMILES string of the molecule is CC1SC(=S)Nc2ccccc2NC(=S)S1. The third-order valence-corrected chi connectivity index (χ3v) is 4.60. The summed E-state index contributed by atoms with van der Waals surface area (Å²) in [5.41, 5.74) is 1.94. The molecule has 0 unspecified atom stereocenters. The van der Waals surface area contributed by atoms with Crippen LogP contribution in [0.1, 0.15) is 6.92 Å². The lowest BCUT2D eigenvalue weighted by Crippen LogP contribution is -2.07. The van der Waals surface area contributed by atoms with Crippen molar-refractivity contribution in [2.45, 2.75) is 11.5 Å². The first-order chi connectivity index (χ1) is 7.65. The molecule has 0 amide bonds. The minimum absolute atomic E-state index is 0.314. The Morgan fingerprint density at radius 1 is 1.00 bits per heavy atom. The van der Waals surface area contributed by atoms with Gasteiger partial charge in [0.15, 0.2) is 0 Å². The van der Waals surface area contributed by atoms with Gasteiger partial charge in [-0.15, -0.1) is 0 Å². The molecule has 1 heterocycles. The third kappa shape index (κ3) is 3.10. The van der Waals surface area contributed by atoms with Crippen molar-refractivity contribution >= 4 is 68.0 Å². The van der Waals surface area contributed by atoms with Crippen molar-refractivity contribution in [3.63, 3.8) is 0 Å². The molecule has 0 saturated heterocycles. The molecule has 1 aromatic rings. The molecule has 84 valence electrons. The average Bonchev–Trinajstić information content (AvgIpc) is 2.23. The Morgan fingerprint density at radius 2 is 1.44 bits per heavy atom. The highest BCUT2D eigenvalue weighted by molar-refractivity contribution is 8.36. The molecule has 2 N–H and O–H groups in total. The lowest BCUT2D eigenvalue weighted by Gasteiger charge is -2.10. The van der Waals surface area contributed by atoms with E-state index in [1.807, 2.05) is 24.3 Å². The predicted molar refractivity (Wildman–Crippen MR) is 83.5 cm³/mol. The highest BCUT2D eigenvalue weighted by Crippen LogP contribution is 2.32. The average molecular weight is 286 g/mol. The van der Waals surface area contributed by atoms with Gasteiger partial charge in [-0.05, 0) is 19.1 Å². The van der Waals surface area contributed by atoms with Gasteiger partial charge in [-0.25, -0.2) is 0 Å². The highest BCUT2D eigenvalue weighted by Gasteiger charge is 2.15. The van der Waals surface area contributed by atoms with Crippen LogP contribution in [0.25, 0.3) is 0 Å². The first-order valence-electron chi connectivity index (χ1n) is 4.69. The van der Waals surface area contributed by atoms with Crippen LogP contribution in [0, 0.1) is 0 Å². The topological polar surface area (TPSA) is 24.1 Å². The first kappa shape index (κ1) is 12.2. The van der Waals surface area contributed by atoms with E-state index in [-0.39, 0.29) is 0 Å². The number of anilines is 2. The van der Waals surface area contributed by atoms with Crippen molar-refractivity contribution in [1.82, 2.24) is 0 Å². The van der Waals surface area contributed by atoms with E-state index in [0.29, 0.717) is 4.58 Å². The monoisotopic (exact) mass is 286 g/mol. The van der Waals surface area contributed by atoms with Gasteiger partial charge in [0.05, 0.1) is 16.0 Å². The molecule has 6 heteroatoms. The summed E-state index contributed by atoms with van der Waals surface area (Å²) in [6.45, 7) is 2.09. The number of fused-ring (bicyclic) bond motifs is 1. The van der Waals surface area contributed by atoms with Gasteiger partial charge in [0.25, 0.3) is 0 Å². The van der Waals surface area contributed by atoms with E-state index in [9.17, 15) is 0 Å². The van der Waals surface area contributed by atoms with Gasteiger partial charge >= 0.3 is 0 Å². The molecule has 2 nitrogen and oxygen atoms in total. The number of benzene rings is 1. The van der Waals surface area contributed by atoms with Crippen molar-refractivity contribution in [1.29, 1.82) is 0 Å². The lowest BCUT2D eigenvalue weighted by atomic mass is 10.2. The van der Waals surface area contributed by atoms with Crippen molar-refractivity contribution in [3.05, 3.63) is 24.3 Å². The molecule has 16 heavy (non-hydrogen) atoms. The van der Waals surface area contributed by atoms with Crippen LogP contribution >= 0.6 is 48.0 Å². The van der Waals surface area contributed by atoms with Gasteiger partial charge < -0.3 is 10.6 Å². The molecule has 0 bridgehead atoms. The number of thiocarbonyl (C=S) groups is 2. The molecule has 1 aliphatic rings. The lowest BCUT2D eigenvalue weighted by molar-refractivity contribution is 1.44. The van der Waals surface area contributed by atoms with Gasteiger partial charge in [-0.2, -0.15) is 0 Å². The van der Waals surface area contributed by atoms with Crippen molar-refractivity contribution < 1.29 is 0 Å². The largest absolute Gasteiger partial charge is 0.339 e. The second-order valence-corrected chi connectivity index (χ2v) is 7.51. The van der Waals surface area contributed by atoms with Crippen LogP contribution in [0.15, 0.2) is 24.3 Å². The van der Waals surface area contributed by atoms with Crippen LogP contribution < -0.4 is 10.6 Å². The molecule has 1 aromatic carbocycles. The fraction of sp³-hybridized carbons (Fsp3) is 0.200. The van der Waals surface area contributed by atoms with Gasteiger partial charge in [0.1, 0.15) is 8.64 Å². The van der Waals surface area contributed by atoms with Crippen LogP contribution in [0.4, 0.5) is 11.4 Å². The smallest absolute Gasteiger partial charge is 0.139 e. The normalized spacial score (nSPS) is 17.6. The molecule has 1 aliphatic heterocycles. The Labute approximate surface area is 114 Å². The maximum Gasteiger partial charge on any atom is 0.139 e. The Bertz CT molecular complexity index is 394.